The van der Waals surface area contributed by atoms with E-state index in [4.69, 9.17) is 11.6 Å². The first-order valence-corrected chi connectivity index (χ1v) is 6.77. The number of benzene rings is 1. The maximum absolute atomic E-state index is 5.95. The number of halogens is 1. The number of rotatable bonds is 4. The third-order valence-electron chi connectivity index (χ3n) is 2.98. The molecule has 0 fully saturated rings. The monoisotopic (exact) mass is 284 g/mol. The Balaban J connectivity index is 1.77. The van der Waals surface area contributed by atoms with Gasteiger partial charge in [-0.3, -0.25) is 4.98 Å². The molecule has 2 aromatic heterocycles. The predicted octanol–water partition coefficient (Wildman–Crippen LogP) is 3.33. The normalized spacial score (nSPS) is 10.7. The number of pyridine rings is 1. The number of nitrogens with zero attached hydrogens (tertiary/aromatic N) is 3. The van der Waals surface area contributed by atoms with Crippen molar-refractivity contribution in [1.82, 2.24) is 15.0 Å². The first-order valence-electron chi connectivity index (χ1n) is 6.39. The van der Waals surface area contributed by atoms with Gasteiger partial charge in [0.2, 0.25) is 5.28 Å². The van der Waals surface area contributed by atoms with E-state index in [2.05, 4.69) is 20.3 Å². The average molecular weight is 285 g/mol. The van der Waals surface area contributed by atoms with Crippen molar-refractivity contribution in [3.05, 3.63) is 59.6 Å². The van der Waals surface area contributed by atoms with E-state index in [0.29, 0.717) is 0 Å². The molecular weight excluding hydrogens is 272 g/mol. The summed E-state index contributed by atoms with van der Waals surface area (Å²) in [5, 5.41) is 4.53. The maximum Gasteiger partial charge on any atom is 0.224 e. The van der Waals surface area contributed by atoms with Crippen molar-refractivity contribution in [2.24, 2.45) is 0 Å². The van der Waals surface area contributed by atoms with Gasteiger partial charge in [-0.1, -0.05) is 18.2 Å². The highest BCUT2D eigenvalue weighted by Crippen LogP contribution is 2.21. The first kappa shape index (κ1) is 12.8. The molecule has 0 saturated carbocycles. The van der Waals surface area contributed by atoms with E-state index in [0.717, 1.165) is 35.4 Å². The summed E-state index contributed by atoms with van der Waals surface area (Å²) in [4.78, 5) is 12.8. The van der Waals surface area contributed by atoms with Gasteiger partial charge in [-0.15, -0.1) is 0 Å². The minimum absolute atomic E-state index is 0.254. The lowest BCUT2D eigenvalue weighted by Gasteiger charge is -2.08. The number of para-hydroxylation sites is 1. The summed E-state index contributed by atoms with van der Waals surface area (Å²) in [6.07, 6.45) is 2.63. The smallest absolute Gasteiger partial charge is 0.224 e. The molecule has 0 aliphatic heterocycles. The van der Waals surface area contributed by atoms with Crippen LogP contribution in [0.3, 0.4) is 0 Å². The fourth-order valence-electron chi connectivity index (χ4n) is 2.04. The Labute approximate surface area is 121 Å². The van der Waals surface area contributed by atoms with Crippen LogP contribution in [-0.4, -0.2) is 21.5 Å². The van der Waals surface area contributed by atoms with Gasteiger partial charge in [0.05, 0.1) is 5.52 Å². The van der Waals surface area contributed by atoms with E-state index in [1.807, 2.05) is 42.5 Å². The van der Waals surface area contributed by atoms with E-state index in [9.17, 15) is 0 Å². The number of fused-ring (bicyclic) bond motifs is 1. The van der Waals surface area contributed by atoms with Crippen molar-refractivity contribution in [2.45, 2.75) is 6.42 Å². The van der Waals surface area contributed by atoms with Gasteiger partial charge in [-0.05, 0) is 35.9 Å². The lowest BCUT2D eigenvalue weighted by atomic mass is 10.2. The topological polar surface area (TPSA) is 50.7 Å². The molecule has 0 amide bonds. The standard InChI is InChI=1S/C15H13ClN4/c16-15-19-13-7-2-1-6-12(13)14(20-15)18-10-8-11-5-3-4-9-17-11/h1-7,9H,8,10H2,(H,18,19,20). The molecule has 5 heteroatoms. The Morgan fingerprint density at radius 2 is 1.85 bits per heavy atom. The van der Waals surface area contributed by atoms with Crippen molar-refractivity contribution in [1.29, 1.82) is 0 Å². The van der Waals surface area contributed by atoms with Crippen molar-refractivity contribution in [3.8, 4) is 0 Å². The van der Waals surface area contributed by atoms with E-state index in [-0.39, 0.29) is 5.28 Å². The predicted molar refractivity (Wildman–Crippen MR) is 81.0 cm³/mol. The van der Waals surface area contributed by atoms with Crippen LogP contribution in [0.1, 0.15) is 5.69 Å². The van der Waals surface area contributed by atoms with Crippen LogP contribution in [0.2, 0.25) is 5.28 Å². The van der Waals surface area contributed by atoms with Gasteiger partial charge in [0, 0.05) is 30.2 Å². The number of hydrogen-bond donors (Lipinski definition) is 1. The second kappa shape index (κ2) is 5.84. The molecule has 0 spiro atoms. The van der Waals surface area contributed by atoms with E-state index < -0.39 is 0 Å². The quantitative estimate of drug-likeness (QED) is 0.747. The van der Waals surface area contributed by atoms with Crippen LogP contribution in [0, 0.1) is 0 Å². The minimum Gasteiger partial charge on any atom is -0.369 e. The number of nitrogens with one attached hydrogen (secondary N) is 1. The molecule has 20 heavy (non-hydrogen) atoms. The zero-order valence-electron chi connectivity index (χ0n) is 10.8. The molecular formula is C15H13ClN4. The lowest BCUT2D eigenvalue weighted by molar-refractivity contribution is 0.954. The van der Waals surface area contributed by atoms with Crippen LogP contribution in [0.4, 0.5) is 5.82 Å². The van der Waals surface area contributed by atoms with Gasteiger partial charge in [-0.25, -0.2) is 9.97 Å². The highest BCUT2D eigenvalue weighted by atomic mass is 35.5. The molecule has 0 bridgehead atoms. The molecule has 0 unspecified atom stereocenters. The number of hydrogen-bond acceptors (Lipinski definition) is 4. The fraction of sp³-hybridized carbons (Fsp3) is 0.133. The Morgan fingerprint density at radius 3 is 2.70 bits per heavy atom. The van der Waals surface area contributed by atoms with Gasteiger partial charge >= 0.3 is 0 Å². The summed E-state index contributed by atoms with van der Waals surface area (Å²) in [6, 6.07) is 13.7. The van der Waals surface area contributed by atoms with Crippen LogP contribution in [0.25, 0.3) is 10.9 Å². The number of aromatic nitrogens is 3. The van der Waals surface area contributed by atoms with Crippen LogP contribution < -0.4 is 5.32 Å². The molecule has 1 N–H and O–H groups in total. The van der Waals surface area contributed by atoms with Gasteiger partial charge < -0.3 is 5.32 Å². The molecule has 2 heterocycles. The average Bonchev–Trinajstić information content (AvgIpc) is 2.48. The molecule has 0 aliphatic carbocycles. The third kappa shape index (κ3) is 2.86. The van der Waals surface area contributed by atoms with E-state index in [1.54, 1.807) is 6.20 Å². The van der Waals surface area contributed by atoms with Gasteiger partial charge in [-0.2, -0.15) is 0 Å². The SMILES string of the molecule is Clc1nc(NCCc2ccccn2)c2ccccc2n1. The van der Waals surface area contributed by atoms with Gasteiger partial charge in [0.15, 0.2) is 0 Å². The molecule has 100 valence electrons. The van der Waals surface area contributed by atoms with Crippen molar-refractivity contribution >= 4 is 28.3 Å². The Bertz CT molecular complexity index is 715. The van der Waals surface area contributed by atoms with Gasteiger partial charge in [0.25, 0.3) is 0 Å². The Hall–Kier alpha value is -2.20. The summed E-state index contributed by atoms with van der Waals surface area (Å²) in [5.41, 5.74) is 1.89. The summed E-state index contributed by atoms with van der Waals surface area (Å²) in [7, 11) is 0. The van der Waals surface area contributed by atoms with Crippen molar-refractivity contribution < 1.29 is 0 Å². The van der Waals surface area contributed by atoms with Crippen LogP contribution in [-0.2, 0) is 6.42 Å². The molecule has 3 aromatic rings. The van der Waals surface area contributed by atoms with Crippen LogP contribution >= 0.6 is 11.6 Å². The second-order valence-corrected chi connectivity index (χ2v) is 4.69. The van der Waals surface area contributed by atoms with E-state index in [1.165, 1.54) is 0 Å². The molecule has 4 nitrogen and oxygen atoms in total. The van der Waals surface area contributed by atoms with Gasteiger partial charge in [0.1, 0.15) is 5.82 Å². The minimum atomic E-state index is 0.254. The first-order chi connectivity index (χ1) is 9.83. The molecule has 0 saturated heterocycles. The number of anilines is 1. The lowest BCUT2D eigenvalue weighted by Crippen LogP contribution is -2.08. The summed E-state index contributed by atoms with van der Waals surface area (Å²) in [5.74, 6) is 0.761. The van der Waals surface area contributed by atoms with Crippen molar-refractivity contribution in [3.63, 3.8) is 0 Å². The Kier molecular flexibility index (Phi) is 3.74. The summed E-state index contributed by atoms with van der Waals surface area (Å²) < 4.78 is 0. The zero-order chi connectivity index (χ0) is 13.8. The summed E-state index contributed by atoms with van der Waals surface area (Å²) in [6.45, 7) is 0.744. The third-order valence-corrected chi connectivity index (χ3v) is 3.14. The highest BCUT2D eigenvalue weighted by Gasteiger charge is 2.05. The Morgan fingerprint density at radius 1 is 1.00 bits per heavy atom. The maximum atomic E-state index is 5.95. The molecule has 3 rings (SSSR count). The largest absolute Gasteiger partial charge is 0.369 e. The van der Waals surface area contributed by atoms with E-state index >= 15 is 0 Å². The highest BCUT2D eigenvalue weighted by molar-refractivity contribution is 6.28. The fourth-order valence-corrected chi connectivity index (χ4v) is 2.21. The molecule has 0 atom stereocenters. The summed E-state index contributed by atoms with van der Waals surface area (Å²) >= 11 is 5.95. The van der Waals surface area contributed by atoms with Crippen LogP contribution in [0.15, 0.2) is 48.7 Å². The zero-order valence-corrected chi connectivity index (χ0v) is 11.5. The molecule has 0 radical (unpaired) electrons. The second-order valence-electron chi connectivity index (χ2n) is 4.36. The van der Waals surface area contributed by atoms with Crippen LogP contribution in [0.5, 0.6) is 0 Å². The molecule has 0 aliphatic rings. The van der Waals surface area contributed by atoms with Crippen molar-refractivity contribution in [2.75, 3.05) is 11.9 Å². The molecule has 1 aromatic carbocycles.